The summed E-state index contributed by atoms with van der Waals surface area (Å²) in [4.78, 5) is 22.8. The number of aromatic carboxylic acids is 1. The summed E-state index contributed by atoms with van der Waals surface area (Å²) in [7, 11) is 3.30. The maximum absolute atomic E-state index is 13.5. The van der Waals surface area contributed by atoms with Crippen molar-refractivity contribution in [3.8, 4) is 17.1 Å². The fraction of sp³-hybridized carbons (Fsp3) is 0.348. The molecule has 168 valence electrons. The molecule has 3 aromatic rings. The molecule has 4 rings (SSSR count). The van der Waals surface area contributed by atoms with E-state index in [1.54, 1.807) is 24.9 Å². The fourth-order valence-corrected chi connectivity index (χ4v) is 3.90. The lowest BCUT2D eigenvalue weighted by molar-refractivity contribution is 0.0685. The van der Waals surface area contributed by atoms with E-state index < -0.39 is 12.1 Å². The molecule has 9 heteroatoms. The first kappa shape index (κ1) is 21.8. The average molecular weight is 439 g/mol. The van der Waals surface area contributed by atoms with E-state index in [9.17, 15) is 14.3 Å². The van der Waals surface area contributed by atoms with Crippen LogP contribution in [0.2, 0.25) is 0 Å². The summed E-state index contributed by atoms with van der Waals surface area (Å²) in [6, 6.07) is 11.3. The molecule has 0 radical (unpaired) electrons. The molecule has 1 atom stereocenters. The minimum absolute atomic E-state index is 0.131. The molecule has 2 N–H and O–H groups in total. The Balaban J connectivity index is 1.49. The van der Waals surface area contributed by atoms with Crippen molar-refractivity contribution in [1.82, 2.24) is 19.9 Å². The van der Waals surface area contributed by atoms with Gasteiger partial charge in [0, 0.05) is 38.4 Å². The number of benzene rings is 1. The summed E-state index contributed by atoms with van der Waals surface area (Å²) < 4.78 is 20.2. The molecule has 1 aliphatic rings. The molecule has 1 saturated heterocycles. The molecule has 32 heavy (non-hydrogen) atoms. The van der Waals surface area contributed by atoms with Crippen LogP contribution in [0.1, 0.15) is 28.2 Å². The van der Waals surface area contributed by atoms with Gasteiger partial charge in [0.2, 0.25) is 0 Å². The predicted molar refractivity (Wildman–Crippen MR) is 119 cm³/mol. The van der Waals surface area contributed by atoms with Crippen molar-refractivity contribution in [2.24, 2.45) is 7.05 Å². The van der Waals surface area contributed by atoms with E-state index in [4.69, 9.17) is 4.74 Å². The van der Waals surface area contributed by atoms with E-state index in [1.807, 2.05) is 41.3 Å². The van der Waals surface area contributed by atoms with Crippen LogP contribution >= 0.6 is 0 Å². The molecule has 2 aromatic heterocycles. The third kappa shape index (κ3) is 4.57. The Morgan fingerprint density at radius 1 is 1.25 bits per heavy atom. The van der Waals surface area contributed by atoms with Gasteiger partial charge in [-0.25, -0.2) is 19.2 Å². The minimum Gasteiger partial charge on any atom is -0.497 e. The first-order valence-electron chi connectivity index (χ1n) is 10.4. The molecule has 0 unspecified atom stereocenters. The number of alkyl halides is 1. The molecule has 0 saturated carbocycles. The largest absolute Gasteiger partial charge is 0.497 e. The highest BCUT2D eigenvalue weighted by Crippen LogP contribution is 2.25. The zero-order valence-electron chi connectivity index (χ0n) is 18.1. The highest BCUT2D eigenvalue weighted by atomic mass is 19.1. The second-order valence-electron chi connectivity index (χ2n) is 7.78. The Kier molecular flexibility index (Phi) is 6.36. The van der Waals surface area contributed by atoms with Gasteiger partial charge < -0.3 is 24.6 Å². The Bertz CT molecular complexity index is 1080. The number of nitrogens with zero attached hydrogens (tertiary/aromatic N) is 4. The van der Waals surface area contributed by atoms with Crippen molar-refractivity contribution in [1.29, 1.82) is 0 Å². The molecule has 0 spiro atoms. The van der Waals surface area contributed by atoms with E-state index in [1.165, 1.54) is 0 Å². The number of rotatable bonds is 8. The van der Waals surface area contributed by atoms with Crippen LogP contribution in [0.5, 0.6) is 5.75 Å². The molecule has 1 aromatic carbocycles. The lowest BCUT2D eigenvalue weighted by Crippen LogP contribution is -2.20. The predicted octanol–water partition coefficient (Wildman–Crippen LogP) is 3.03. The number of hydrogen-bond donors (Lipinski definition) is 2. The smallest absolute Gasteiger partial charge is 0.354 e. The van der Waals surface area contributed by atoms with E-state index in [0.717, 1.165) is 11.3 Å². The van der Waals surface area contributed by atoms with E-state index in [-0.39, 0.29) is 5.69 Å². The van der Waals surface area contributed by atoms with Gasteiger partial charge in [-0.15, -0.1) is 0 Å². The maximum atomic E-state index is 13.5. The van der Waals surface area contributed by atoms with Gasteiger partial charge in [-0.3, -0.25) is 0 Å². The van der Waals surface area contributed by atoms with E-state index >= 15 is 0 Å². The number of aromatic nitrogens is 3. The van der Waals surface area contributed by atoms with Crippen molar-refractivity contribution < 1.29 is 19.0 Å². The number of hydrogen-bond acceptors (Lipinski definition) is 6. The molecule has 1 aliphatic heterocycles. The zero-order chi connectivity index (χ0) is 22.7. The number of pyridine rings is 1. The SMILES string of the molecule is COc1ccc(CNCc2nc(-c3ccc(N4CC[C@H](F)C4)nc3)n(C)c2C(=O)O)cc1. The molecule has 1 fully saturated rings. The van der Waals surface area contributed by atoms with Gasteiger partial charge in [0.1, 0.15) is 23.6 Å². The topological polar surface area (TPSA) is 92.5 Å². The van der Waals surface area contributed by atoms with E-state index in [2.05, 4.69) is 15.3 Å². The van der Waals surface area contributed by atoms with Crippen molar-refractivity contribution in [3.05, 3.63) is 59.5 Å². The van der Waals surface area contributed by atoms with Gasteiger partial charge in [-0.2, -0.15) is 0 Å². The summed E-state index contributed by atoms with van der Waals surface area (Å²) in [6.45, 7) is 1.86. The van der Waals surface area contributed by atoms with Crippen LogP contribution in [0.3, 0.4) is 0 Å². The standard InChI is InChI=1S/C23H26FN5O3/c1-28-21(23(30)31)19(13-25-11-15-3-6-18(32-2)7-4-15)27-22(28)16-5-8-20(26-12-16)29-10-9-17(24)14-29/h3-8,12,17,25H,9-11,13-14H2,1-2H3,(H,30,31)/t17-/m0/s1. The third-order valence-electron chi connectivity index (χ3n) is 5.61. The van der Waals surface area contributed by atoms with Gasteiger partial charge in [0.05, 0.1) is 19.3 Å². The lowest BCUT2D eigenvalue weighted by Gasteiger charge is -2.16. The number of nitrogens with one attached hydrogen (secondary N) is 1. The van der Waals surface area contributed by atoms with Crippen molar-refractivity contribution in [3.63, 3.8) is 0 Å². The van der Waals surface area contributed by atoms with E-state index in [0.29, 0.717) is 55.5 Å². The van der Waals surface area contributed by atoms with Gasteiger partial charge >= 0.3 is 5.97 Å². The van der Waals surface area contributed by atoms with Crippen LogP contribution in [0.4, 0.5) is 10.2 Å². The number of ether oxygens (including phenoxy) is 1. The highest BCUT2D eigenvalue weighted by Gasteiger charge is 2.24. The van der Waals surface area contributed by atoms with Crippen LogP contribution in [0.15, 0.2) is 42.6 Å². The lowest BCUT2D eigenvalue weighted by atomic mass is 10.2. The number of carbonyl (C=O) groups is 1. The second kappa shape index (κ2) is 9.35. The Hall–Kier alpha value is -3.46. The molecular weight excluding hydrogens is 413 g/mol. The second-order valence-corrected chi connectivity index (χ2v) is 7.78. The third-order valence-corrected chi connectivity index (χ3v) is 5.61. The molecule has 0 amide bonds. The molecule has 0 aliphatic carbocycles. The maximum Gasteiger partial charge on any atom is 0.354 e. The van der Waals surface area contributed by atoms with Crippen molar-refractivity contribution >= 4 is 11.8 Å². The molecule has 8 nitrogen and oxygen atoms in total. The first-order valence-corrected chi connectivity index (χ1v) is 10.4. The summed E-state index contributed by atoms with van der Waals surface area (Å²) in [5.74, 6) is 0.976. The Labute approximate surface area is 185 Å². The quantitative estimate of drug-likeness (QED) is 0.557. The minimum atomic E-state index is -1.04. The van der Waals surface area contributed by atoms with Crippen LogP contribution in [0.25, 0.3) is 11.4 Å². The number of carboxylic acids is 1. The van der Waals surface area contributed by atoms with Gasteiger partial charge in [-0.05, 0) is 36.2 Å². The van der Waals surface area contributed by atoms with Crippen molar-refractivity contribution in [2.45, 2.75) is 25.7 Å². The number of carboxylic acid groups (broad SMARTS) is 1. The number of methoxy groups -OCH3 is 1. The van der Waals surface area contributed by atoms with Gasteiger partial charge in [-0.1, -0.05) is 12.1 Å². The molecule has 3 heterocycles. The summed E-state index contributed by atoms with van der Waals surface area (Å²) in [5, 5.41) is 13.0. The van der Waals surface area contributed by atoms with Crippen molar-refractivity contribution in [2.75, 3.05) is 25.1 Å². The summed E-state index contributed by atoms with van der Waals surface area (Å²) in [6.07, 6.45) is 1.35. The van der Waals surface area contributed by atoms with Gasteiger partial charge in [0.15, 0.2) is 5.69 Å². The number of halogens is 1. The Morgan fingerprint density at radius 3 is 2.62 bits per heavy atom. The van der Waals surface area contributed by atoms with Crippen LogP contribution in [-0.2, 0) is 20.1 Å². The molecule has 0 bridgehead atoms. The average Bonchev–Trinajstić information content (AvgIpc) is 3.37. The van der Waals surface area contributed by atoms with Crippen LogP contribution in [-0.4, -0.2) is 52.0 Å². The Morgan fingerprint density at radius 2 is 2.03 bits per heavy atom. The normalized spacial score (nSPS) is 15.8. The monoisotopic (exact) mass is 439 g/mol. The molecular formula is C23H26FN5O3. The summed E-state index contributed by atoms with van der Waals surface area (Å²) in [5.41, 5.74) is 2.34. The fourth-order valence-electron chi connectivity index (χ4n) is 3.90. The first-order chi connectivity index (χ1) is 15.5. The van der Waals surface area contributed by atoms with Crippen LogP contribution < -0.4 is 15.0 Å². The number of anilines is 1. The zero-order valence-corrected chi connectivity index (χ0v) is 18.1. The number of imidazole rings is 1. The van der Waals surface area contributed by atoms with Crippen LogP contribution in [0, 0.1) is 0 Å². The summed E-state index contributed by atoms with van der Waals surface area (Å²) >= 11 is 0. The highest BCUT2D eigenvalue weighted by molar-refractivity contribution is 5.88. The van der Waals surface area contributed by atoms with Gasteiger partial charge in [0.25, 0.3) is 0 Å².